The number of sulfonamides is 1. The first-order chi connectivity index (χ1) is 9.85. The zero-order chi connectivity index (χ0) is 15.6. The minimum Gasteiger partial charge on any atom is -0.391 e. The number of nitrogens with one attached hydrogen (secondary N) is 1. The van der Waals surface area contributed by atoms with Gasteiger partial charge in [0.25, 0.3) is 0 Å². The fraction of sp³-hybridized carbons (Fsp3) is 0.714. The van der Waals surface area contributed by atoms with Gasteiger partial charge in [0.05, 0.1) is 10.4 Å². The Bertz CT molecular complexity index is 583. The highest BCUT2D eigenvalue weighted by molar-refractivity contribution is 9.11. The van der Waals surface area contributed by atoms with E-state index in [0.29, 0.717) is 20.5 Å². The van der Waals surface area contributed by atoms with Gasteiger partial charge in [-0.25, -0.2) is 13.1 Å². The van der Waals surface area contributed by atoms with Crippen molar-refractivity contribution in [3.05, 3.63) is 14.7 Å². The van der Waals surface area contributed by atoms with Crippen LogP contribution in [-0.4, -0.2) is 19.6 Å². The van der Waals surface area contributed by atoms with Crippen LogP contribution in [0.3, 0.4) is 0 Å². The summed E-state index contributed by atoms with van der Waals surface area (Å²) < 4.78 is 28.6. The van der Waals surface area contributed by atoms with Gasteiger partial charge < -0.3 is 5.11 Å². The Morgan fingerprint density at radius 3 is 2.67 bits per heavy atom. The van der Waals surface area contributed by atoms with Crippen LogP contribution in [0, 0.1) is 11.8 Å². The average Bonchev–Trinajstić information content (AvgIpc) is 2.81. The van der Waals surface area contributed by atoms with Crippen molar-refractivity contribution in [2.24, 2.45) is 11.8 Å². The van der Waals surface area contributed by atoms with Crippen LogP contribution in [-0.2, 0) is 16.6 Å². The molecule has 1 aliphatic rings. The Kier molecular flexibility index (Phi) is 5.87. The summed E-state index contributed by atoms with van der Waals surface area (Å²) in [7, 11) is -3.54. The van der Waals surface area contributed by atoms with Crippen molar-refractivity contribution in [1.82, 2.24) is 4.72 Å². The van der Waals surface area contributed by atoms with Crippen LogP contribution in [0.1, 0.15) is 44.4 Å². The topological polar surface area (TPSA) is 66.4 Å². The van der Waals surface area contributed by atoms with Crippen molar-refractivity contribution < 1.29 is 13.5 Å². The fourth-order valence-corrected chi connectivity index (χ4v) is 6.89. The number of hydrogen-bond acceptors (Lipinski definition) is 4. The molecule has 0 amide bonds. The minimum atomic E-state index is -3.54. The van der Waals surface area contributed by atoms with Crippen LogP contribution in [0.25, 0.3) is 0 Å². The number of hydrogen-bond donors (Lipinski definition) is 2. The van der Waals surface area contributed by atoms with Crippen molar-refractivity contribution in [2.75, 3.05) is 0 Å². The molecule has 2 N–H and O–H groups in total. The fourth-order valence-electron chi connectivity index (χ4n) is 3.03. The molecule has 2 unspecified atom stereocenters. The summed E-state index contributed by atoms with van der Waals surface area (Å²) >= 11 is 4.55. The lowest BCUT2D eigenvalue weighted by molar-refractivity contribution is 0.226. The van der Waals surface area contributed by atoms with Gasteiger partial charge in [-0.3, -0.25) is 0 Å². The second-order valence-corrected chi connectivity index (χ2v) is 10.1. The van der Waals surface area contributed by atoms with Gasteiger partial charge in [0.15, 0.2) is 0 Å². The molecule has 1 aliphatic carbocycles. The summed E-state index contributed by atoms with van der Waals surface area (Å²) in [6.07, 6.45) is 4.23. The minimum absolute atomic E-state index is 0.00752. The van der Waals surface area contributed by atoms with Crippen molar-refractivity contribution in [1.29, 1.82) is 0 Å². The van der Waals surface area contributed by atoms with Crippen molar-refractivity contribution >= 4 is 37.3 Å². The third kappa shape index (κ3) is 4.07. The normalized spacial score (nSPS) is 23.7. The first-order valence-electron chi connectivity index (χ1n) is 7.26. The molecule has 0 aliphatic heterocycles. The average molecular weight is 396 g/mol. The lowest BCUT2D eigenvalue weighted by atomic mass is 9.78. The van der Waals surface area contributed by atoms with Gasteiger partial charge in [-0.05, 0) is 46.7 Å². The molecule has 0 saturated heterocycles. The lowest BCUT2D eigenvalue weighted by Gasteiger charge is -2.34. The second-order valence-electron chi connectivity index (χ2n) is 5.93. The van der Waals surface area contributed by atoms with Crippen LogP contribution in [0.15, 0.2) is 14.7 Å². The lowest BCUT2D eigenvalue weighted by Crippen LogP contribution is -2.43. The van der Waals surface area contributed by atoms with E-state index >= 15 is 0 Å². The SMILES string of the molecule is CC(C)C1CCCCC1NS(=O)(=O)c1cc(CO)sc1Br. The molecule has 1 aromatic rings. The Morgan fingerprint density at radius 1 is 1.43 bits per heavy atom. The molecule has 2 atom stereocenters. The smallest absolute Gasteiger partial charge is 0.242 e. The highest BCUT2D eigenvalue weighted by Crippen LogP contribution is 2.34. The number of aliphatic hydroxyl groups excluding tert-OH is 1. The zero-order valence-electron chi connectivity index (χ0n) is 12.3. The molecule has 0 radical (unpaired) electrons. The van der Waals surface area contributed by atoms with Gasteiger partial charge in [0.2, 0.25) is 10.0 Å². The van der Waals surface area contributed by atoms with Gasteiger partial charge in [-0.15, -0.1) is 11.3 Å². The first kappa shape index (κ1) is 17.4. The van der Waals surface area contributed by atoms with E-state index in [-0.39, 0.29) is 17.5 Å². The summed E-state index contributed by atoms with van der Waals surface area (Å²) in [4.78, 5) is 0.885. The van der Waals surface area contributed by atoms with Gasteiger partial charge in [-0.2, -0.15) is 0 Å². The molecule has 120 valence electrons. The third-order valence-electron chi connectivity index (χ3n) is 4.13. The van der Waals surface area contributed by atoms with Crippen LogP contribution < -0.4 is 4.72 Å². The Hall–Kier alpha value is 0.0500. The van der Waals surface area contributed by atoms with Crippen LogP contribution in [0.5, 0.6) is 0 Å². The number of rotatable bonds is 5. The molecule has 7 heteroatoms. The van der Waals surface area contributed by atoms with Crippen LogP contribution >= 0.6 is 27.3 Å². The highest BCUT2D eigenvalue weighted by atomic mass is 79.9. The molecular weight excluding hydrogens is 374 g/mol. The number of thiophene rings is 1. The van der Waals surface area contributed by atoms with Crippen molar-refractivity contribution in [3.8, 4) is 0 Å². The molecular formula is C14H22BrNO3S2. The number of aliphatic hydroxyl groups is 1. The highest BCUT2D eigenvalue weighted by Gasteiger charge is 2.32. The Morgan fingerprint density at radius 2 is 2.10 bits per heavy atom. The van der Waals surface area contributed by atoms with Gasteiger partial charge in [0, 0.05) is 10.9 Å². The van der Waals surface area contributed by atoms with E-state index in [1.165, 1.54) is 17.8 Å². The first-order valence-corrected chi connectivity index (χ1v) is 10.4. The standard InChI is InChI=1S/C14H22BrNO3S2/c1-9(2)11-5-3-4-6-12(11)16-21(18,19)13-7-10(8-17)20-14(13)15/h7,9,11-12,16-17H,3-6,8H2,1-2H3. The van der Waals surface area contributed by atoms with E-state index in [9.17, 15) is 8.42 Å². The van der Waals surface area contributed by atoms with Gasteiger partial charge in [0.1, 0.15) is 4.90 Å². The van der Waals surface area contributed by atoms with Crippen molar-refractivity contribution in [2.45, 2.75) is 57.1 Å². The summed E-state index contributed by atoms with van der Waals surface area (Å²) in [6, 6.07) is 1.55. The van der Waals surface area contributed by atoms with Gasteiger partial charge >= 0.3 is 0 Å². The maximum Gasteiger partial charge on any atom is 0.242 e. The van der Waals surface area contributed by atoms with E-state index in [1.807, 2.05) is 0 Å². The second kappa shape index (κ2) is 7.08. The Labute approximate surface area is 139 Å². The summed E-state index contributed by atoms with van der Waals surface area (Å²) in [6.45, 7) is 4.17. The number of halogens is 1. The predicted octanol–water partition coefficient (Wildman–Crippen LogP) is 3.50. The molecule has 0 bridgehead atoms. The predicted molar refractivity (Wildman–Crippen MR) is 88.8 cm³/mol. The maximum absolute atomic E-state index is 12.6. The van der Waals surface area contributed by atoms with Crippen LogP contribution in [0.2, 0.25) is 0 Å². The maximum atomic E-state index is 12.6. The molecule has 1 aromatic heterocycles. The zero-order valence-corrected chi connectivity index (χ0v) is 15.5. The molecule has 2 rings (SSSR count). The molecule has 4 nitrogen and oxygen atoms in total. The van der Waals surface area contributed by atoms with Gasteiger partial charge in [-0.1, -0.05) is 26.7 Å². The summed E-state index contributed by atoms with van der Waals surface area (Å²) in [5.41, 5.74) is 0. The van der Waals surface area contributed by atoms with E-state index in [1.54, 1.807) is 6.07 Å². The third-order valence-corrected chi connectivity index (χ3v) is 7.86. The summed E-state index contributed by atoms with van der Waals surface area (Å²) in [5.74, 6) is 0.861. The summed E-state index contributed by atoms with van der Waals surface area (Å²) in [5, 5.41) is 9.15. The molecule has 0 aromatic carbocycles. The van der Waals surface area contributed by atoms with E-state index in [0.717, 1.165) is 19.3 Å². The largest absolute Gasteiger partial charge is 0.391 e. The van der Waals surface area contributed by atoms with E-state index in [4.69, 9.17) is 5.11 Å². The molecule has 1 saturated carbocycles. The van der Waals surface area contributed by atoms with E-state index < -0.39 is 10.0 Å². The molecule has 0 spiro atoms. The monoisotopic (exact) mass is 395 g/mol. The van der Waals surface area contributed by atoms with Crippen molar-refractivity contribution in [3.63, 3.8) is 0 Å². The molecule has 1 heterocycles. The molecule has 1 fully saturated rings. The molecule has 21 heavy (non-hydrogen) atoms. The quantitative estimate of drug-likeness (QED) is 0.801. The van der Waals surface area contributed by atoms with Crippen LogP contribution in [0.4, 0.5) is 0 Å². The van der Waals surface area contributed by atoms with E-state index in [2.05, 4.69) is 34.5 Å². The Balaban J connectivity index is 2.21.